The summed E-state index contributed by atoms with van der Waals surface area (Å²) in [4.78, 5) is 11.9. The molecule has 126 valence electrons. The zero-order valence-corrected chi connectivity index (χ0v) is 14.9. The largest absolute Gasteiger partial charge is 0.444 e. The maximum absolute atomic E-state index is 11.9. The third-order valence-corrected chi connectivity index (χ3v) is 3.30. The minimum Gasteiger partial charge on any atom is -0.444 e. The van der Waals surface area contributed by atoms with Gasteiger partial charge in [0.2, 0.25) is 0 Å². The first-order valence-corrected chi connectivity index (χ1v) is 7.78. The van der Waals surface area contributed by atoms with E-state index in [4.69, 9.17) is 4.74 Å². The van der Waals surface area contributed by atoms with Gasteiger partial charge in [0.1, 0.15) is 5.60 Å². The fourth-order valence-electron chi connectivity index (χ4n) is 2.10. The van der Waals surface area contributed by atoms with Gasteiger partial charge in [0.25, 0.3) is 0 Å². The molecule has 1 aromatic heterocycles. The smallest absolute Gasteiger partial charge is 0.407 e. The van der Waals surface area contributed by atoms with E-state index in [0.717, 1.165) is 12.2 Å². The molecule has 22 heavy (non-hydrogen) atoms. The lowest BCUT2D eigenvalue weighted by atomic mass is 10.0. The van der Waals surface area contributed by atoms with Crippen LogP contribution in [-0.4, -0.2) is 34.1 Å². The number of alkyl carbamates (subject to hydrolysis) is 1. The maximum Gasteiger partial charge on any atom is 0.407 e. The van der Waals surface area contributed by atoms with E-state index in [1.54, 1.807) is 0 Å². The molecule has 6 heteroatoms. The van der Waals surface area contributed by atoms with Gasteiger partial charge in [0.05, 0.1) is 5.69 Å². The van der Waals surface area contributed by atoms with Crippen LogP contribution in [0.5, 0.6) is 0 Å². The second kappa shape index (κ2) is 7.63. The molecule has 0 aliphatic carbocycles. The molecule has 2 N–H and O–H groups in total. The zero-order chi connectivity index (χ0) is 16.9. The molecule has 0 bridgehead atoms. The van der Waals surface area contributed by atoms with Crippen molar-refractivity contribution in [2.24, 2.45) is 13.0 Å². The number of carbonyl (C=O) groups is 1. The zero-order valence-electron chi connectivity index (χ0n) is 14.9. The van der Waals surface area contributed by atoms with Crippen molar-refractivity contribution in [1.29, 1.82) is 0 Å². The number of carbonyl (C=O) groups excluding carboxylic acids is 1. The number of rotatable bonds is 6. The first kappa shape index (κ1) is 18.5. The number of nitrogens with one attached hydrogen (secondary N) is 2. The van der Waals surface area contributed by atoms with Crippen LogP contribution >= 0.6 is 0 Å². The third kappa shape index (κ3) is 6.47. The lowest BCUT2D eigenvalue weighted by Gasteiger charge is -2.26. The van der Waals surface area contributed by atoms with Gasteiger partial charge in [-0.15, -0.1) is 0 Å². The van der Waals surface area contributed by atoms with Gasteiger partial charge in [-0.2, -0.15) is 5.10 Å². The van der Waals surface area contributed by atoms with E-state index in [0.29, 0.717) is 12.5 Å². The van der Waals surface area contributed by atoms with Crippen molar-refractivity contribution >= 4 is 6.09 Å². The summed E-state index contributed by atoms with van der Waals surface area (Å²) in [5.41, 5.74) is 1.71. The van der Waals surface area contributed by atoms with Crippen molar-refractivity contribution in [2.45, 2.75) is 59.7 Å². The number of aryl methyl sites for hydroxylation is 2. The van der Waals surface area contributed by atoms with Crippen LogP contribution in [0.4, 0.5) is 4.79 Å². The van der Waals surface area contributed by atoms with Crippen LogP contribution in [0, 0.1) is 12.8 Å². The van der Waals surface area contributed by atoms with Gasteiger partial charge >= 0.3 is 6.09 Å². The summed E-state index contributed by atoms with van der Waals surface area (Å²) < 4.78 is 7.12. The monoisotopic (exact) mass is 310 g/mol. The van der Waals surface area contributed by atoms with Crippen LogP contribution < -0.4 is 10.6 Å². The molecule has 0 saturated heterocycles. The Kier molecular flexibility index (Phi) is 6.41. The molecule has 0 radical (unpaired) electrons. The van der Waals surface area contributed by atoms with E-state index < -0.39 is 5.60 Å². The summed E-state index contributed by atoms with van der Waals surface area (Å²) in [7, 11) is 1.91. The molecule has 0 spiro atoms. The first-order chi connectivity index (χ1) is 10.1. The molecule has 0 aromatic carbocycles. The van der Waals surface area contributed by atoms with Crippen LogP contribution in [0.25, 0.3) is 0 Å². The van der Waals surface area contributed by atoms with Crippen molar-refractivity contribution in [2.75, 3.05) is 6.54 Å². The number of hydrogen-bond acceptors (Lipinski definition) is 4. The molecule has 0 aliphatic rings. The summed E-state index contributed by atoms with van der Waals surface area (Å²) in [6, 6.07) is 0.0202. The Balaban J connectivity index is 2.48. The maximum atomic E-state index is 11.9. The Morgan fingerprint density at radius 3 is 2.50 bits per heavy atom. The molecule has 6 nitrogen and oxygen atoms in total. The number of hydrogen-bond donors (Lipinski definition) is 2. The number of amides is 1. The topological polar surface area (TPSA) is 68.2 Å². The standard InChI is InChI=1S/C16H30N4O2/c1-11(2)14(18-15(21)22-16(4,5)6)9-17-8-13-10-20(7)19-12(13)3/h10-11,14,17H,8-9H2,1-7H3,(H,18,21). The molecule has 0 aliphatic heterocycles. The van der Waals surface area contributed by atoms with Gasteiger partial charge in [-0.3, -0.25) is 4.68 Å². The highest BCUT2D eigenvalue weighted by Gasteiger charge is 2.21. The molecule has 1 unspecified atom stereocenters. The van der Waals surface area contributed by atoms with Crippen molar-refractivity contribution in [3.63, 3.8) is 0 Å². The lowest BCUT2D eigenvalue weighted by molar-refractivity contribution is 0.0490. The Labute approximate surface area is 133 Å². The van der Waals surface area contributed by atoms with Crippen LogP contribution in [0.2, 0.25) is 0 Å². The molecular formula is C16H30N4O2. The van der Waals surface area contributed by atoms with Crippen molar-refractivity contribution in [3.8, 4) is 0 Å². The van der Waals surface area contributed by atoms with Gasteiger partial charge in [0.15, 0.2) is 0 Å². The average molecular weight is 310 g/mol. The molecule has 1 heterocycles. The number of nitrogens with zero attached hydrogens (tertiary/aromatic N) is 2. The second-order valence-electron chi connectivity index (χ2n) is 7.04. The normalized spacial score (nSPS) is 13.3. The first-order valence-electron chi connectivity index (χ1n) is 7.78. The molecule has 1 atom stereocenters. The van der Waals surface area contributed by atoms with Crippen LogP contribution in [0.1, 0.15) is 45.9 Å². The molecule has 1 aromatic rings. The molecular weight excluding hydrogens is 280 g/mol. The Hall–Kier alpha value is -1.56. The third-order valence-electron chi connectivity index (χ3n) is 3.30. The summed E-state index contributed by atoms with van der Waals surface area (Å²) in [6.45, 7) is 13.2. The van der Waals surface area contributed by atoms with Crippen molar-refractivity contribution in [1.82, 2.24) is 20.4 Å². The van der Waals surface area contributed by atoms with Gasteiger partial charge in [0, 0.05) is 37.9 Å². The van der Waals surface area contributed by atoms with E-state index in [1.807, 2.05) is 45.6 Å². The Bertz CT molecular complexity index is 489. The highest BCUT2D eigenvalue weighted by molar-refractivity contribution is 5.68. The van der Waals surface area contributed by atoms with Crippen LogP contribution in [0.3, 0.4) is 0 Å². The summed E-state index contributed by atoms with van der Waals surface area (Å²) in [5, 5.41) is 10.6. The SMILES string of the molecule is Cc1nn(C)cc1CNCC(NC(=O)OC(C)(C)C)C(C)C. The fraction of sp³-hybridized carbons (Fsp3) is 0.750. The summed E-state index contributed by atoms with van der Waals surface area (Å²) in [6.07, 6.45) is 1.64. The molecule has 0 fully saturated rings. The van der Waals surface area contributed by atoms with Gasteiger partial charge < -0.3 is 15.4 Å². The highest BCUT2D eigenvalue weighted by Crippen LogP contribution is 2.09. The second-order valence-corrected chi connectivity index (χ2v) is 7.04. The quantitative estimate of drug-likeness (QED) is 0.846. The minimum atomic E-state index is -0.480. The number of aromatic nitrogens is 2. The predicted octanol–water partition coefficient (Wildman–Crippen LogP) is 2.37. The van der Waals surface area contributed by atoms with Crippen molar-refractivity contribution in [3.05, 3.63) is 17.5 Å². The summed E-state index contributed by atoms with van der Waals surface area (Å²) >= 11 is 0. The van der Waals surface area contributed by atoms with E-state index >= 15 is 0 Å². The van der Waals surface area contributed by atoms with Gasteiger partial charge in [-0.05, 0) is 33.6 Å². The highest BCUT2D eigenvalue weighted by atomic mass is 16.6. The van der Waals surface area contributed by atoms with E-state index in [1.165, 1.54) is 5.56 Å². The molecule has 1 rings (SSSR count). The lowest BCUT2D eigenvalue weighted by Crippen LogP contribution is -2.46. The van der Waals surface area contributed by atoms with Gasteiger partial charge in [-0.25, -0.2) is 4.79 Å². The molecule has 0 saturated carbocycles. The van der Waals surface area contributed by atoms with Crippen LogP contribution in [0.15, 0.2) is 6.20 Å². The minimum absolute atomic E-state index is 0.0202. The molecule has 1 amide bonds. The number of ether oxygens (including phenoxy) is 1. The van der Waals surface area contributed by atoms with Crippen LogP contribution in [-0.2, 0) is 18.3 Å². The summed E-state index contributed by atoms with van der Waals surface area (Å²) in [5.74, 6) is 0.315. The fourth-order valence-corrected chi connectivity index (χ4v) is 2.10. The predicted molar refractivity (Wildman–Crippen MR) is 87.6 cm³/mol. The van der Waals surface area contributed by atoms with Crippen molar-refractivity contribution < 1.29 is 9.53 Å². The Morgan fingerprint density at radius 2 is 2.05 bits per heavy atom. The Morgan fingerprint density at radius 1 is 1.41 bits per heavy atom. The van der Waals surface area contributed by atoms with E-state index in [9.17, 15) is 4.79 Å². The van der Waals surface area contributed by atoms with E-state index in [2.05, 4.69) is 29.6 Å². The van der Waals surface area contributed by atoms with Gasteiger partial charge in [-0.1, -0.05) is 13.8 Å². The van der Waals surface area contributed by atoms with E-state index in [-0.39, 0.29) is 12.1 Å². The average Bonchev–Trinajstić information content (AvgIpc) is 2.64.